The van der Waals surface area contributed by atoms with Gasteiger partial charge in [0.25, 0.3) is 0 Å². The lowest BCUT2D eigenvalue weighted by atomic mass is 9.66. The quantitative estimate of drug-likeness (QED) is 0.205. The first-order valence-corrected chi connectivity index (χ1v) is 15.7. The monoisotopic (exact) mass is 589 g/mol. The zero-order valence-electron chi connectivity index (χ0n) is 24.9. The lowest BCUT2D eigenvalue weighted by Gasteiger charge is -2.39. The van der Waals surface area contributed by atoms with E-state index in [0.29, 0.717) is 0 Å². The maximum absolute atomic E-state index is 6.72. The number of ether oxygens (including phenoxy) is 1. The second-order valence-electron chi connectivity index (χ2n) is 12.0. The van der Waals surface area contributed by atoms with E-state index >= 15 is 0 Å². The van der Waals surface area contributed by atoms with E-state index in [4.69, 9.17) is 9.15 Å². The second kappa shape index (κ2) is 9.47. The van der Waals surface area contributed by atoms with Gasteiger partial charge in [0.2, 0.25) is 0 Å². The summed E-state index contributed by atoms with van der Waals surface area (Å²) < 4.78 is 13.3. The maximum Gasteiger partial charge on any atom is 0.137 e. The number of rotatable bonds is 3. The summed E-state index contributed by atoms with van der Waals surface area (Å²) in [5.74, 6) is 1.78. The molecule has 1 aliphatic heterocycles. The molecule has 216 valence electrons. The molecule has 0 atom stereocenters. The van der Waals surface area contributed by atoms with E-state index in [-0.39, 0.29) is 0 Å². The van der Waals surface area contributed by atoms with Gasteiger partial charge in [-0.05, 0) is 76.9 Å². The van der Waals surface area contributed by atoms with E-state index in [0.717, 1.165) is 61.6 Å². The van der Waals surface area contributed by atoms with Gasteiger partial charge in [-0.15, -0.1) is 0 Å². The molecule has 0 amide bonds. The highest BCUT2D eigenvalue weighted by atomic mass is 16.5. The number of anilines is 3. The number of hydrogen-bond acceptors (Lipinski definition) is 3. The minimum atomic E-state index is -0.539. The Balaban J connectivity index is 1.37. The van der Waals surface area contributed by atoms with Gasteiger partial charge in [0.1, 0.15) is 22.7 Å². The van der Waals surface area contributed by atoms with Crippen LogP contribution in [0.4, 0.5) is 17.1 Å². The van der Waals surface area contributed by atoms with Crippen LogP contribution in [-0.4, -0.2) is 0 Å². The number of fused-ring (bicyclic) bond motifs is 13. The van der Waals surface area contributed by atoms with Crippen LogP contribution in [0.15, 0.2) is 168 Å². The molecule has 0 radical (unpaired) electrons. The average Bonchev–Trinajstić information content (AvgIpc) is 3.64. The molecule has 46 heavy (non-hydrogen) atoms. The van der Waals surface area contributed by atoms with Gasteiger partial charge in [0, 0.05) is 27.9 Å². The van der Waals surface area contributed by atoms with Crippen molar-refractivity contribution in [3.05, 3.63) is 186 Å². The van der Waals surface area contributed by atoms with E-state index in [2.05, 4.69) is 169 Å². The number of hydrogen-bond donors (Lipinski definition) is 0. The summed E-state index contributed by atoms with van der Waals surface area (Å²) in [5.41, 5.74) is 11.7. The molecule has 2 heterocycles. The molecule has 0 saturated heterocycles. The molecule has 7 aromatic carbocycles. The Morgan fingerprint density at radius 1 is 0.413 bits per heavy atom. The Bertz CT molecular complexity index is 2370. The topological polar surface area (TPSA) is 25.6 Å². The summed E-state index contributed by atoms with van der Waals surface area (Å²) in [7, 11) is 0. The van der Waals surface area contributed by atoms with Crippen LogP contribution in [0, 0.1) is 0 Å². The number of furan rings is 1. The molecule has 1 aliphatic carbocycles. The van der Waals surface area contributed by atoms with Gasteiger partial charge >= 0.3 is 0 Å². The summed E-state index contributed by atoms with van der Waals surface area (Å²) in [4.78, 5) is 2.34. The van der Waals surface area contributed by atoms with Gasteiger partial charge in [-0.2, -0.15) is 0 Å². The van der Waals surface area contributed by atoms with Crippen LogP contribution in [0.1, 0.15) is 22.3 Å². The molecule has 0 unspecified atom stereocenters. The van der Waals surface area contributed by atoms with Crippen LogP contribution < -0.4 is 9.64 Å². The van der Waals surface area contributed by atoms with Crippen molar-refractivity contribution in [3.63, 3.8) is 0 Å². The third kappa shape index (κ3) is 3.26. The summed E-state index contributed by atoms with van der Waals surface area (Å²) in [6, 6.07) is 57.9. The van der Waals surface area contributed by atoms with Crippen LogP contribution in [-0.2, 0) is 5.41 Å². The van der Waals surface area contributed by atoms with Gasteiger partial charge in [-0.1, -0.05) is 109 Å². The van der Waals surface area contributed by atoms with E-state index in [9.17, 15) is 0 Å². The molecule has 10 rings (SSSR count). The smallest absolute Gasteiger partial charge is 0.137 e. The van der Waals surface area contributed by atoms with Crippen LogP contribution in [0.3, 0.4) is 0 Å². The first kappa shape index (κ1) is 25.3. The van der Waals surface area contributed by atoms with Crippen LogP contribution in [0.2, 0.25) is 0 Å². The predicted molar refractivity (Wildman–Crippen MR) is 186 cm³/mol. The molecule has 0 saturated carbocycles. The SMILES string of the molecule is c1ccc(N(c2ccccc2)c2cccc3oc4ccc5c(c4c23)-c2ccccc2C52c3ccccc3Oc3ccccc32)cc1. The lowest BCUT2D eigenvalue weighted by Crippen LogP contribution is -2.32. The number of nitrogens with zero attached hydrogens (tertiary/aromatic N) is 1. The molecule has 0 N–H and O–H groups in total. The molecule has 1 spiro atoms. The molecule has 1 aromatic heterocycles. The Morgan fingerprint density at radius 2 is 0.978 bits per heavy atom. The zero-order valence-corrected chi connectivity index (χ0v) is 24.9. The Morgan fingerprint density at radius 3 is 1.65 bits per heavy atom. The Labute approximate surface area is 266 Å². The van der Waals surface area contributed by atoms with Crippen LogP contribution >= 0.6 is 0 Å². The highest BCUT2D eigenvalue weighted by Crippen LogP contribution is 2.63. The highest BCUT2D eigenvalue weighted by Gasteiger charge is 2.51. The van der Waals surface area contributed by atoms with Gasteiger partial charge < -0.3 is 14.1 Å². The van der Waals surface area contributed by atoms with Gasteiger partial charge in [-0.25, -0.2) is 0 Å². The molecule has 3 heteroatoms. The Hall–Kier alpha value is -6.06. The minimum Gasteiger partial charge on any atom is -0.457 e. The second-order valence-corrected chi connectivity index (χ2v) is 12.0. The van der Waals surface area contributed by atoms with E-state index in [1.165, 1.54) is 22.3 Å². The molecule has 0 fully saturated rings. The van der Waals surface area contributed by atoms with Gasteiger partial charge in [0.05, 0.1) is 16.5 Å². The summed E-state index contributed by atoms with van der Waals surface area (Å²) in [6.45, 7) is 0. The Kier molecular flexibility index (Phi) is 5.20. The standard InChI is InChI=1S/C43H27NO2/c1-3-14-28(15-4-1)44(29-16-5-2-6-17-29)35-22-13-25-38-41(35)42-39(46-38)27-26-34-40(42)30-18-7-8-19-31(30)43(34)32-20-9-11-23-36(32)45-37-24-12-10-21-33(37)43/h1-27H. The summed E-state index contributed by atoms with van der Waals surface area (Å²) in [5, 5.41) is 2.23. The lowest BCUT2D eigenvalue weighted by molar-refractivity contribution is 0.436. The van der Waals surface area contributed by atoms with Crippen molar-refractivity contribution in [1.82, 2.24) is 0 Å². The van der Waals surface area contributed by atoms with E-state index in [1.807, 2.05) is 0 Å². The van der Waals surface area contributed by atoms with Crippen molar-refractivity contribution in [2.75, 3.05) is 4.90 Å². The molecule has 8 aromatic rings. The average molecular weight is 590 g/mol. The van der Waals surface area contributed by atoms with Gasteiger partial charge in [-0.3, -0.25) is 0 Å². The van der Waals surface area contributed by atoms with Crippen molar-refractivity contribution in [2.24, 2.45) is 0 Å². The van der Waals surface area contributed by atoms with Crippen molar-refractivity contribution < 1.29 is 9.15 Å². The van der Waals surface area contributed by atoms with Crippen LogP contribution in [0.25, 0.3) is 33.1 Å². The summed E-state index contributed by atoms with van der Waals surface area (Å²) >= 11 is 0. The van der Waals surface area contributed by atoms with Crippen LogP contribution in [0.5, 0.6) is 11.5 Å². The molecule has 3 nitrogen and oxygen atoms in total. The zero-order chi connectivity index (χ0) is 30.2. The first-order valence-electron chi connectivity index (χ1n) is 15.7. The van der Waals surface area contributed by atoms with E-state index < -0.39 is 5.41 Å². The maximum atomic E-state index is 6.72. The molecule has 0 bridgehead atoms. The fraction of sp³-hybridized carbons (Fsp3) is 0.0233. The largest absolute Gasteiger partial charge is 0.457 e. The fourth-order valence-corrected chi connectivity index (χ4v) is 8.00. The van der Waals surface area contributed by atoms with Gasteiger partial charge in [0.15, 0.2) is 0 Å². The highest BCUT2D eigenvalue weighted by molar-refractivity contribution is 6.20. The summed E-state index contributed by atoms with van der Waals surface area (Å²) in [6.07, 6.45) is 0. The van der Waals surface area contributed by atoms with E-state index in [1.54, 1.807) is 0 Å². The van der Waals surface area contributed by atoms with Crippen molar-refractivity contribution in [3.8, 4) is 22.6 Å². The minimum absolute atomic E-state index is 0.539. The third-order valence-corrected chi connectivity index (χ3v) is 9.72. The molecular formula is C43H27NO2. The molecule has 2 aliphatic rings. The number of benzene rings is 7. The number of para-hydroxylation sites is 4. The normalized spacial score (nSPS) is 13.6. The van der Waals surface area contributed by atoms with Crippen molar-refractivity contribution >= 4 is 39.0 Å². The van der Waals surface area contributed by atoms with Crippen molar-refractivity contribution in [2.45, 2.75) is 5.41 Å². The first-order chi connectivity index (χ1) is 22.8. The molecular weight excluding hydrogens is 562 g/mol. The van der Waals surface area contributed by atoms with Crippen molar-refractivity contribution in [1.29, 1.82) is 0 Å². The fourth-order valence-electron chi connectivity index (χ4n) is 8.00. The third-order valence-electron chi connectivity index (χ3n) is 9.72. The predicted octanol–water partition coefficient (Wildman–Crippen LogP) is 11.5.